The Morgan fingerprint density at radius 3 is 2.47 bits per heavy atom. The highest BCUT2D eigenvalue weighted by Gasteiger charge is 2.34. The van der Waals surface area contributed by atoms with E-state index in [0.29, 0.717) is 6.07 Å². The summed E-state index contributed by atoms with van der Waals surface area (Å²) in [5.74, 6) is -1.32. The molecule has 0 amide bonds. The Morgan fingerprint density at radius 1 is 1.27 bits per heavy atom. The molecule has 0 bridgehead atoms. The summed E-state index contributed by atoms with van der Waals surface area (Å²) in [5, 5.41) is 8.42. The van der Waals surface area contributed by atoms with Crippen LogP contribution in [0.25, 0.3) is 6.08 Å². The number of benzene rings is 1. The summed E-state index contributed by atoms with van der Waals surface area (Å²) in [6.45, 7) is -0.352. The molecule has 0 saturated heterocycles. The maximum atomic E-state index is 13.2. The number of hydrogen-bond acceptors (Lipinski definition) is 1. The van der Waals surface area contributed by atoms with Gasteiger partial charge in [-0.25, -0.2) is 4.39 Å². The average molecular weight is 220 g/mol. The average Bonchev–Trinajstić information content (AvgIpc) is 2.14. The minimum absolute atomic E-state index is 0.195. The lowest BCUT2D eigenvalue weighted by Gasteiger charge is -2.08. The van der Waals surface area contributed by atoms with Crippen LogP contribution in [0.2, 0.25) is 0 Å². The lowest BCUT2D eigenvalue weighted by Crippen LogP contribution is -2.08. The first-order chi connectivity index (χ1) is 6.96. The van der Waals surface area contributed by atoms with Gasteiger partial charge in [-0.1, -0.05) is 24.3 Å². The lowest BCUT2D eigenvalue weighted by atomic mass is 10.1. The molecule has 1 rings (SSSR count). The van der Waals surface area contributed by atoms with Crippen molar-refractivity contribution in [3.63, 3.8) is 0 Å². The molecule has 0 unspecified atom stereocenters. The second-order valence-electron chi connectivity index (χ2n) is 2.79. The van der Waals surface area contributed by atoms with Gasteiger partial charge in [0.1, 0.15) is 5.82 Å². The van der Waals surface area contributed by atoms with E-state index in [1.165, 1.54) is 12.1 Å². The van der Waals surface area contributed by atoms with Crippen molar-refractivity contribution in [1.82, 2.24) is 0 Å². The Bertz CT molecular complexity index is 368. The predicted molar refractivity (Wildman–Crippen MR) is 47.5 cm³/mol. The quantitative estimate of drug-likeness (QED) is 0.760. The molecular weight excluding hydrogens is 212 g/mol. The van der Waals surface area contributed by atoms with Crippen LogP contribution < -0.4 is 0 Å². The monoisotopic (exact) mass is 220 g/mol. The third kappa shape index (κ3) is 2.79. The highest BCUT2D eigenvalue weighted by Crippen LogP contribution is 2.32. The van der Waals surface area contributed by atoms with Gasteiger partial charge in [0, 0.05) is 5.56 Å². The Hall–Kier alpha value is -1.36. The smallest absolute Gasteiger partial charge is 0.392 e. The summed E-state index contributed by atoms with van der Waals surface area (Å²) in [4.78, 5) is 0. The number of aliphatic hydroxyl groups is 1. The fraction of sp³-hybridized carbons (Fsp3) is 0.200. The van der Waals surface area contributed by atoms with Gasteiger partial charge in [0.25, 0.3) is 0 Å². The number of halogens is 4. The van der Waals surface area contributed by atoms with Crippen LogP contribution in [0.4, 0.5) is 17.6 Å². The van der Waals surface area contributed by atoms with Crippen LogP contribution in [0.15, 0.2) is 24.3 Å². The highest BCUT2D eigenvalue weighted by atomic mass is 19.4. The molecule has 0 aliphatic carbocycles. The molecule has 0 atom stereocenters. The second kappa shape index (κ2) is 4.44. The minimum atomic E-state index is -4.70. The Balaban J connectivity index is 3.17. The van der Waals surface area contributed by atoms with Gasteiger partial charge in [0.2, 0.25) is 0 Å². The SMILES string of the molecule is OCC=Cc1cccc(C(F)(F)F)c1F. The number of alkyl halides is 3. The minimum Gasteiger partial charge on any atom is -0.392 e. The molecular formula is C10H8F4O. The molecule has 0 heterocycles. The zero-order valence-corrected chi connectivity index (χ0v) is 7.55. The standard InChI is InChI=1S/C10H8F4O/c11-9-7(4-2-6-15)3-1-5-8(9)10(12,13)14/h1-5,15H,6H2. The van der Waals surface area contributed by atoms with Gasteiger partial charge >= 0.3 is 6.18 Å². The Kier molecular flexibility index (Phi) is 3.47. The molecule has 82 valence electrons. The van der Waals surface area contributed by atoms with E-state index in [1.54, 1.807) is 0 Å². The van der Waals surface area contributed by atoms with Crippen molar-refractivity contribution in [3.8, 4) is 0 Å². The fourth-order valence-corrected chi connectivity index (χ4v) is 1.08. The maximum Gasteiger partial charge on any atom is 0.419 e. The first kappa shape index (κ1) is 11.7. The summed E-state index contributed by atoms with van der Waals surface area (Å²) in [7, 11) is 0. The van der Waals surface area contributed by atoms with Gasteiger partial charge < -0.3 is 5.11 Å². The van der Waals surface area contributed by atoms with E-state index < -0.39 is 17.6 Å². The molecule has 1 nitrogen and oxygen atoms in total. The van der Waals surface area contributed by atoms with Gasteiger partial charge in [-0.05, 0) is 6.07 Å². The molecule has 0 aromatic heterocycles. The first-order valence-corrected chi connectivity index (χ1v) is 4.10. The van der Waals surface area contributed by atoms with Crippen LogP contribution in [0.5, 0.6) is 0 Å². The van der Waals surface area contributed by atoms with E-state index >= 15 is 0 Å². The normalized spacial score (nSPS) is 12.3. The van der Waals surface area contributed by atoms with Crippen LogP contribution in [0.3, 0.4) is 0 Å². The summed E-state index contributed by atoms with van der Waals surface area (Å²) in [6.07, 6.45) is -2.43. The van der Waals surface area contributed by atoms with E-state index in [2.05, 4.69) is 0 Å². The van der Waals surface area contributed by atoms with Gasteiger partial charge in [-0.3, -0.25) is 0 Å². The van der Waals surface area contributed by atoms with Crippen molar-refractivity contribution in [1.29, 1.82) is 0 Å². The topological polar surface area (TPSA) is 20.2 Å². The number of aliphatic hydroxyl groups excluding tert-OH is 1. The van der Waals surface area contributed by atoms with Crippen molar-refractivity contribution in [3.05, 3.63) is 41.2 Å². The van der Waals surface area contributed by atoms with Crippen LogP contribution in [0, 0.1) is 5.82 Å². The zero-order valence-electron chi connectivity index (χ0n) is 7.55. The zero-order chi connectivity index (χ0) is 11.5. The summed E-state index contributed by atoms with van der Waals surface area (Å²) >= 11 is 0. The molecule has 15 heavy (non-hydrogen) atoms. The Labute approximate surface area is 83.7 Å². The van der Waals surface area contributed by atoms with Gasteiger partial charge in [-0.15, -0.1) is 0 Å². The molecule has 1 N–H and O–H groups in total. The third-order valence-electron chi connectivity index (χ3n) is 1.74. The predicted octanol–water partition coefficient (Wildman–Crippen LogP) is 2.85. The molecule has 5 heteroatoms. The third-order valence-corrected chi connectivity index (χ3v) is 1.74. The van der Waals surface area contributed by atoms with Crippen molar-refractivity contribution in [2.24, 2.45) is 0 Å². The second-order valence-corrected chi connectivity index (χ2v) is 2.79. The molecule has 0 aliphatic heterocycles. The molecule has 1 aromatic carbocycles. The van der Waals surface area contributed by atoms with Crippen molar-refractivity contribution >= 4 is 6.08 Å². The van der Waals surface area contributed by atoms with E-state index in [1.807, 2.05) is 0 Å². The van der Waals surface area contributed by atoms with Crippen LogP contribution in [-0.2, 0) is 6.18 Å². The van der Waals surface area contributed by atoms with E-state index in [4.69, 9.17) is 5.11 Å². The molecule has 1 aromatic rings. The summed E-state index contributed by atoms with van der Waals surface area (Å²) < 4.78 is 50.0. The van der Waals surface area contributed by atoms with Gasteiger partial charge in [0.15, 0.2) is 0 Å². The van der Waals surface area contributed by atoms with Crippen molar-refractivity contribution in [2.45, 2.75) is 6.18 Å². The molecule has 0 spiro atoms. The molecule has 0 fully saturated rings. The van der Waals surface area contributed by atoms with Gasteiger partial charge in [0.05, 0.1) is 12.2 Å². The van der Waals surface area contributed by atoms with E-state index in [9.17, 15) is 17.6 Å². The van der Waals surface area contributed by atoms with E-state index in [0.717, 1.165) is 12.1 Å². The van der Waals surface area contributed by atoms with Crippen LogP contribution >= 0.6 is 0 Å². The van der Waals surface area contributed by atoms with Gasteiger partial charge in [-0.2, -0.15) is 13.2 Å². The first-order valence-electron chi connectivity index (χ1n) is 4.10. The lowest BCUT2D eigenvalue weighted by molar-refractivity contribution is -0.140. The molecule has 0 saturated carbocycles. The number of hydrogen-bond donors (Lipinski definition) is 1. The highest BCUT2D eigenvalue weighted by molar-refractivity contribution is 5.51. The Morgan fingerprint density at radius 2 is 1.93 bits per heavy atom. The number of rotatable bonds is 2. The molecule has 0 radical (unpaired) electrons. The largest absolute Gasteiger partial charge is 0.419 e. The van der Waals surface area contributed by atoms with E-state index in [-0.39, 0.29) is 12.2 Å². The van der Waals surface area contributed by atoms with Crippen molar-refractivity contribution < 1.29 is 22.7 Å². The van der Waals surface area contributed by atoms with Crippen LogP contribution in [-0.4, -0.2) is 11.7 Å². The molecule has 0 aliphatic rings. The van der Waals surface area contributed by atoms with Crippen LogP contribution in [0.1, 0.15) is 11.1 Å². The fourth-order valence-electron chi connectivity index (χ4n) is 1.08. The summed E-state index contributed by atoms with van der Waals surface area (Å²) in [5.41, 5.74) is -1.50. The maximum absolute atomic E-state index is 13.2. The summed E-state index contributed by atoms with van der Waals surface area (Å²) in [6, 6.07) is 2.99. The van der Waals surface area contributed by atoms with Crippen molar-refractivity contribution in [2.75, 3.05) is 6.61 Å².